The third kappa shape index (κ3) is 14.1. The highest BCUT2D eigenvalue weighted by molar-refractivity contribution is 6.15. The van der Waals surface area contributed by atoms with E-state index >= 15 is 0 Å². The van der Waals surface area contributed by atoms with Crippen LogP contribution >= 0.6 is 0 Å². The van der Waals surface area contributed by atoms with Gasteiger partial charge in [-0.1, -0.05) is 358 Å². The quantitative estimate of drug-likeness (QED) is 0.0984. The highest BCUT2D eigenvalue weighted by Gasteiger charge is 2.22. The Hall–Kier alpha value is -15.3. The first kappa shape index (κ1) is 72.0. The van der Waals surface area contributed by atoms with Crippen LogP contribution < -0.4 is 0 Å². The molecule has 0 bridgehead atoms. The average Bonchev–Trinajstić information content (AvgIpc) is 1.61. The minimum absolute atomic E-state index is 0.660. The molecular weight excluding hydrogens is 1430 g/mol. The van der Waals surface area contributed by atoms with Gasteiger partial charge >= 0.3 is 0 Å². The molecule has 0 amide bonds. The Morgan fingerprint density at radius 1 is 0.162 bits per heavy atom. The standard InChI is InChI=1S/3C35H26N4/c1-2-39-31-22-10-9-19-29(31)30-21-12-20-28(32(30)39)26-17-11-18-27(23-26)35-37-33(24-13-5-3-6-14-24)36-34(38-35)25-15-7-4-8-16-25;2*1-2-39-31-19-10-9-16-29(31)30-18-11-17-28(32(30)39)24-20-22-27(23-21-24)35-37-33(25-12-5-3-6-13-25)36-34(38-35)26-14-7-4-8-15-26/h3*3-23H,2H2,1H3. The first-order chi connectivity index (χ1) is 57.9. The third-order valence-electron chi connectivity index (χ3n) is 21.8. The molecule has 0 spiro atoms. The van der Waals surface area contributed by atoms with Crippen LogP contribution in [0.1, 0.15) is 20.8 Å². The van der Waals surface area contributed by atoms with Crippen molar-refractivity contribution in [1.29, 1.82) is 0 Å². The predicted octanol–water partition coefficient (Wildman–Crippen LogP) is 26.0. The fraction of sp³-hybridized carbons (Fsp3) is 0.0571. The van der Waals surface area contributed by atoms with E-state index in [-0.39, 0.29) is 0 Å². The Kier molecular flexibility index (Phi) is 19.7. The summed E-state index contributed by atoms with van der Waals surface area (Å²) in [4.78, 5) is 43.9. The number of hydrogen-bond acceptors (Lipinski definition) is 9. The second-order valence-corrected chi connectivity index (χ2v) is 28.7. The van der Waals surface area contributed by atoms with Crippen LogP contribution in [-0.4, -0.2) is 58.6 Å². The third-order valence-corrected chi connectivity index (χ3v) is 21.8. The molecule has 558 valence electrons. The maximum Gasteiger partial charge on any atom is 0.164 e. The molecule has 6 aromatic heterocycles. The Labute approximate surface area is 678 Å². The molecule has 15 aromatic carbocycles. The molecule has 0 aliphatic rings. The molecule has 0 fully saturated rings. The van der Waals surface area contributed by atoms with Gasteiger partial charge in [-0.3, -0.25) is 0 Å². The van der Waals surface area contributed by atoms with Gasteiger partial charge in [-0.2, -0.15) is 0 Å². The molecular formula is C105H78N12. The van der Waals surface area contributed by atoms with Crippen LogP contribution in [0.2, 0.25) is 0 Å². The fourth-order valence-electron chi connectivity index (χ4n) is 16.2. The second kappa shape index (κ2) is 32.1. The zero-order valence-electron chi connectivity index (χ0n) is 64.9. The van der Waals surface area contributed by atoms with Gasteiger partial charge < -0.3 is 13.7 Å². The smallest absolute Gasteiger partial charge is 0.164 e. The van der Waals surface area contributed by atoms with E-state index in [4.69, 9.17) is 44.9 Å². The van der Waals surface area contributed by atoms with Crippen molar-refractivity contribution in [2.75, 3.05) is 0 Å². The van der Waals surface area contributed by atoms with Crippen molar-refractivity contribution in [2.45, 2.75) is 40.4 Å². The molecule has 0 atom stereocenters. The molecule has 6 heterocycles. The fourth-order valence-corrected chi connectivity index (χ4v) is 16.2. The lowest BCUT2D eigenvalue weighted by molar-refractivity contribution is 0.828. The average molecular weight is 1510 g/mol. The van der Waals surface area contributed by atoms with Crippen molar-refractivity contribution in [2.24, 2.45) is 0 Å². The van der Waals surface area contributed by atoms with E-state index in [9.17, 15) is 0 Å². The maximum atomic E-state index is 4.94. The molecule has 0 aliphatic carbocycles. The van der Waals surface area contributed by atoms with Gasteiger partial charge in [0.1, 0.15) is 0 Å². The zero-order valence-corrected chi connectivity index (χ0v) is 64.9. The van der Waals surface area contributed by atoms with Crippen LogP contribution in [0.5, 0.6) is 0 Å². The molecule has 21 rings (SSSR count). The van der Waals surface area contributed by atoms with Crippen molar-refractivity contribution in [3.63, 3.8) is 0 Å². The number of aryl methyl sites for hydroxylation is 3. The van der Waals surface area contributed by atoms with Crippen LogP contribution in [0, 0.1) is 0 Å². The van der Waals surface area contributed by atoms with Crippen LogP contribution in [0.15, 0.2) is 382 Å². The predicted molar refractivity (Wildman–Crippen MR) is 481 cm³/mol. The summed E-state index contributed by atoms with van der Waals surface area (Å²) in [5.74, 6) is 5.98. The number of nitrogens with zero attached hydrogens (tertiary/aromatic N) is 12. The number of aromatic nitrogens is 12. The summed E-state index contributed by atoms with van der Waals surface area (Å²) in [7, 11) is 0. The largest absolute Gasteiger partial charge is 0.340 e. The summed E-state index contributed by atoms with van der Waals surface area (Å²) < 4.78 is 7.24. The molecule has 0 aliphatic heterocycles. The van der Waals surface area contributed by atoms with Gasteiger partial charge in [-0.05, 0) is 61.7 Å². The van der Waals surface area contributed by atoms with Crippen LogP contribution in [0.25, 0.3) is 201 Å². The summed E-state index contributed by atoms with van der Waals surface area (Å²) in [6, 6.07) is 132. The van der Waals surface area contributed by atoms with Crippen molar-refractivity contribution < 1.29 is 0 Å². The second-order valence-electron chi connectivity index (χ2n) is 28.7. The summed E-state index contributed by atoms with van der Waals surface area (Å²) in [6.45, 7) is 9.35. The lowest BCUT2D eigenvalue weighted by Crippen LogP contribution is -2.00. The van der Waals surface area contributed by atoms with E-state index in [2.05, 4.69) is 235 Å². The summed E-state index contributed by atoms with van der Waals surface area (Å²) in [5, 5.41) is 7.70. The SMILES string of the molecule is CCn1c2ccccc2c2cccc(-c3ccc(-c4nc(-c5ccccc5)nc(-c5ccccc5)n4)cc3)c21.CCn1c2ccccc2c2cccc(-c3ccc(-c4nc(-c5ccccc5)nc(-c5ccccc5)n4)cc3)c21.CCn1c2ccccc2c2cccc(-c3cccc(-c4nc(-c5ccccc5)nc(-c5ccccc5)n4)c3)c21. The summed E-state index contributed by atoms with van der Waals surface area (Å²) >= 11 is 0. The summed E-state index contributed by atoms with van der Waals surface area (Å²) in [5.41, 5.74) is 23.4. The monoisotopic (exact) mass is 1510 g/mol. The number of para-hydroxylation sites is 6. The van der Waals surface area contributed by atoms with Gasteiger partial charge in [0.25, 0.3) is 0 Å². The van der Waals surface area contributed by atoms with Crippen molar-refractivity contribution in [1.82, 2.24) is 58.6 Å². The van der Waals surface area contributed by atoms with E-state index in [1.807, 2.05) is 182 Å². The van der Waals surface area contributed by atoms with E-state index in [0.717, 1.165) is 75.3 Å². The molecule has 12 heteroatoms. The number of fused-ring (bicyclic) bond motifs is 9. The Morgan fingerprint density at radius 2 is 0.350 bits per heavy atom. The van der Waals surface area contributed by atoms with Gasteiger partial charge in [-0.25, -0.2) is 44.9 Å². The topological polar surface area (TPSA) is 131 Å². The van der Waals surface area contributed by atoms with E-state index in [0.29, 0.717) is 52.4 Å². The van der Waals surface area contributed by atoms with Gasteiger partial charge in [-0.15, -0.1) is 0 Å². The molecule has 0 unspecified atom stereocenters. The highest BCUT2D eigenvalue weighted by atomic mass is 15.1. The maximum absolute atomic E-state index is 4.94. The first-order valence-corrected chi connectivity index (χ1v) is 39.8. The lowest BCUT2D eigenvalue weighted by Gasteiger charge is -2.11. The molecule has 0 radical (unpaired) electrons. The van der Waals surface area contributed by atoms with Gasteiger partial charge in [0.15, 0.2) is 52.4 Å². The van der Waals surface area contributed by atoms with E-state index in [1.165, 1.54) is 93.2 Å². The van der Waals surface area contributed by atoms with Crippen LogP contribution in [0.3, 0.4) is 0 Å². The van der Waals surface area contributed by atoms with Crippen LogP contribution in [-0.2, 0) is 19.6 Å². The Bertz CT molecular complexity index is 6690. The normalized spacial score (nSPS) is 11.3. The first-order valence-electron chi connectivity index (χ1n) is 39.8. The Balaban J connectivity index is 0.000000117. The number of hydrogen-bond donors (Lipinski definition) is 0. The van der Waals surface area contributed by atoms with Crippen molar-refractivity contribution in [3.8, 4) is 136 Å². The van der Waals surface area contributed by atoms with E-state index < -0.39 is 0 Å². The Morgan fingerprint density at radius 3 is 0.615 bits per heavy atom. The van der Waals surface area contributed by atoms with Crippen molar-refractivity contribution >= 4 is 65.4 Å². The minimum Gasteiger partial charge on any atom is -0.340 e. The zero-order chi connectivity index (χ0) is 78.5. The molecule has 12 nitrogen and oxygen atoms in total. The van der Waals surface area contributed by atoms with E-state index in [1.54, 1.807) is 0 Å². The van der Waals surface area contributed by atoms with Crippen molar-refractivity contribution in [3.05, 3.63) is 382 Å². The number of benzene rings is 15. The molecule has 0 saturated carbocycles. The van der Waals surface area contributed by atoms with Gasteiger partial charge in [0.2, 0.25) is 0 Å². The molecule has 0 N–H and O–H groups in total. The van der Waals surface area contributed by atoms with Crippen LogP contribution in [0.4, 0.5) is 0 Å². The highest BCUT2D eigenvalue weighted by Crippen LogP contribution is 2.42. The lowest BCUT2D eigenvalue weighted by atomic mass is 10.00. The molecule has 117 heavy (non-hydrogen) atoms. The minimum atomic E-state index is 0.660. The van der Waals surface area contributed by atoms with Gasteiger partial charge in [0.05, 0.1) is 16.6 Å². The molecule has 21 aromatic rings. The van der Waals surface area contributed by atoms with Gasteiger partial charge in [0, 0.05) is 135 Å². The number of rotatable bonds is 15. The summed E-state index contributed by atoms with van der Waals surface area (Å²) in [6.07, 6.45) is 0. The molecule has 0 saturated heterocycles.